The summed E-state index contributed by atoms with van der Waals surface area (Å²) in [5.41, 5.74) is 1.06. The molecule has 0 aliphatic carbocycles. The van der Waals surface area contributed by atoms with E-state index in [9.17, 15) is 4.79 Å². The molecule has 6 nitrogen and oxygen atoms in total. The monoisotopic (exact) mass is 318 g/mol. The number of likely N-dealkylation sites (tertiary alicyclic amines) is 1. The Bertz CT molecular complexity index is 523. The van der Waals surface area contributed by atoms with Crippen LogP contribution in [-0.4, -0.2) is 55.3 Å². The molecule has 0 bridgehead atoms. The summed E-state index contributed by atoms with van der Waals surface area (Å²) in [4.78, 5) is 21.0. The minimum Gasteiger partial charge on any atom is -0.378 e. The van der Waals surface area contributed by atoms with Gasteiger partial charge in [0.2, 0.25) is 0 Å². The highest BCUT2D eigenvalue weighted by molar-refractivity contribution is 5.74. The lowest BCUT2D eigenvalue weighted by molar-refractivity contribution is 0.122. The average molecular weight is 318 g/mol. The SMILES string of the molecule is CC1CCN(C(=O)NCc2cccnc2N2CCOCC2)CC1. The summed E-state index contributed by atoms with van der Waals surface area (Å²) >= 11 is 0. The van der Waals surface area contributed by atoms with Crippen LogP contribution in [0.2, 0.25) is 0 Å². The number of amides is 2. The fraction of sp³-hybridized carbons (Fsp3) is 0.647. The highest BCUT2D eigenvalue weighted by atomic mass is 16.5. The third kappa shape index (κ3) is 4.13. The molecule has 0 aromatic carbocycles. The molecule has 23 heavy (non-hydrogen) atoms. The number of aromatic nitrogens is 1. The maximum absolute atomic E-state index is 12.3. The Balaban J connectivity index is 1.58. The number of urea groups is 1. The van der Waals surface area contributed by atoms with E-state index < -0.39 is 0 Å². The summed E-state index contributed by atoms with van der Waals surface area (Å²) in [5.74, 6) is 1.69. The molecule has 2 amide bonds. The van der Waals surface area contributed by atoms with Crippen molar-refractivity contribution in [3.05, 3.63) is 23.9 Å². The van der Waals surface area contributed by atoms with Crippen LogP contribution >= 0.6 is 0 Å². The van der Waals surface area contributed by atoms with E-state index in [0.717, 1.165) is 69.5 Å². The van der Waals surface area contributed by atoms with Gasteiger partial charge in [-0.1, -0.05) is 13.0 Å². The van der Waals surface area contributed by atoms with Crippen LogP contribution in [0.15, 0.2) is 18.3 Å². The zero-order chi connectivity index (χ0) is 16.1. The van der Waals surface area contributed by atoms with E-state index in [4.69, 9.17) is 4.74 Å². The van der Waals surface area contributed by atoms with Crippen LogP contribution < -0.4 is 10.2 Å². The molecular weight excluding hydrogens is 292 g/mol. The normalized spacial score (nSPS) is 19.7. The van der Waals surface area contributed by atoms with Gasteiger partial charge in [-0.25, -0.2) is 9.78 Å². The lowest BCUT2D eigenvalue weighted by Gasteiger charge is -2.31. The van der Waals surface area contributed by atoms with Crippen molar-refractivity contribution in [1.29, 1.82) is 0 Å². The molecule has 126 valence electrons. The standard InChI is InChI=1S/C17H26N4O2/c1-14-4-7-21(8-5-14)17(22)19-13-15-3-2-6-18-16(15)20-9-11-23-12-10-20/h2-3,6,14H,4-5,7-13H2,1H3,(H,19,22). The van der Waals surface area contributed by atoms with Gasteiger partial charge in [0, 0.05) is 44.5 Å². The molecule has 1 N–H and O–H groups in total. The smallest absolute Gasteiger partial charge is 0.317 e. The van der Waals surface area contributed by atoms with Gasteiger partial charge >= 0.3 is 6.03 Å². The van der Waals surface area contributed by atoms with E-state index in [1.165, 1.54) is 0 Å². The van der Waals surface area contributed by atoms with Crippen LogP contribution in [0.1, 0.15) is 25.3 Å². The van der Waals surface area contributed by atoms with Crippen molar-refractivity contribution in [2.24, 2.45) is 5.92 Å². The van der Waals surface area contributed by atoms with E-state index in [1.807, 2.05) is 23.2 Å². The Labute approximate surface area is 137 Å². The van der Waals surface area contributed by atoms with Gasteiger partial charge in [0.05, 0.1) is 13.2 Å². The van der Waals surface area contributed by atoms with Crippen molar-refractivity contribution < 1.29 is 9.53 Å². The number of piperidine rings is 1. The summed E-state index contributed by atoms with van der Waals surface area (Å²) in [6.45, 7) is 7.64. The first-order valence-corrected chi connectivity index (χ1v) is 8.53. The number of carbonyl (C=O) groups excluding carboxylic acids is 1. The summed E-state index contributed by atoms with van der Waals surface area (Å²) in [5, 5.41) is 3.05. The molecule has 2 aliphatic rings. The quantitative estimate of drug-likeness (QED) is 0.924. The second kappa shape index (κ2) is 7.64. The minimum absolute atomic E-state index is 0.0358. The van der Waals surface area contributed by atoms with Crippen molar-refractivity contribution in [1.82, 2.24) is 15.2 Å². The highest BCUT2D eigenvalue weighted by Crippen LogP contribution is 2.19. The summed E-state index contributed by atoms with van der Waals surface area (Å²) in [6, 6.07) is 4.00. The molecule has 0 atom stereocenters. The van der Waals surface area contributed by atoms with Crippen LogP contribution in [0.4, 0.5) is 10.6 Å². The largest absolute Gasteiger partial charge is 0.378 e. The first-order chi connectivity index (χ1) is 11.2. The van der Waals surface area contributed by atoms with Gasteiger partial charge in [-0.05, 0) is 24.8 Å². The molecule has 1 aromatic heterocycles. The number of ether oxygens (including phenoxy) is 1. The summed E-state index contributed by atoms with van der Waals surface area (Å²) in [7, 11) is 0. The Kier molecular flexibility index (Phi) is 5.33. The Morgan fingerprint density at radius 3 is 2.78 bits per heavy atom. The van der Waals surface area contributed by atoms with E-state index in [-0.39, 0.29) is 6.03 Å². The minimum atomic E-state index is 0.0358. The summed E-state index contributed by atoms with van der Waals surface area (Å²) in [6.07, 6.45) is 4.00. The fourth-order valence-corrected chi connectivity index (χ4v) is 3.12. The predicted molar refractivity (Wildman–Crippen MR) is 89.5 cm³/mol. The molecule has 3 heterocycles. The number of rotatable bonds is 3. The van der Waals surface area contributed by atoms with Crippen LogP contribution in [0.25, 0.3) is 0 Å². The highest BCUT2D eigenvalue weighted by Gasteiger charge is 2.21. The van der Waals surface area contributed by atoms with E-state index in [0.29, 0.717) is 6.54 Å². The maximum atomic E-state index is 12.3. The lowest BCUT2D eigenvalue weighted by atomic mass is 10.00. The van der Waals surface area contributed by atoms with Crippen molar-refractivity contribution >= 4 is 11.8 Å². The first-order valence-electron chi connectivity index (χ1n) is 8.53. The number of carbonyl (C=O) groups is 1. The Hall–Kier alpha value is -1.82. The van der Waals surface area contributed by atoms with Gasteiger partial charge in [-0.2, -0.15) is 0 Å². The van der Waals surface area contributed by atoms with Crippen LogP contribution in [0.5, 0.6) is 0 Å². The number of hydrogen-bond acceptors (Lipinski definition) is 4. The third-order valence-corrected chi connectivity index (χ3v) is 4.68. The molecule has 2 aliphatic heterocycles. The molecule has 2 fully saturated rings. The van der Waals surface area contributed by atoms with Crippen LogP contribution in [0, 0.1) is 5.92 Å². The average Bonchev–Trinajstić information content (AvgIpc) is 2.61. The first kappa shape index (κ1) is 16.1. The third-order valence-electron chi connectivity index (χ3n) is 4.68. The van der Waals surface area contributed by atoms with Crippen molar-refractivity contribution in [2.75, 3.05) is 44.3 Å². The lowest BCUT2D eigenvalue weighted by Crippen LogP contribution is -2.44. The van der Waals surface area contributed by atoms with Crippen molar-refractivity contribution in [3.8, 4) is 0 Å². The van der Waals surface area contributed by atoms with E-state index in [2.05, 4.69) is 22.1 Å². The predicted octanol–water partition coefficient (Wildman–Crippen LogP) is 1.86. The number of hydrogen-bond donors (Lipinski definition) is 1. The molecular formula is C17H26N4O2. The van der Waals surface area contributed by atoms with E-state index >= 15 is 0 Å². The molecule has 0 saturated carbocycles. The molecule has 6 heteroatoms. The van der Waals surface area contributed by atoms with Crippen molar-refractivity contribution in [3.63, 3.8) is 0 Å². The number of morpholine rings is 1. The fourth-order valence-electron chi connectivity index (χ4n) is 3.12. The maximum Gasteiger partial charge on any atom is 0.317 e. The molecule has 1 aromatic rings. The molecule has 0 radical (unpaired) electrons. The van der Waals surface area contributed by atoms with Crippen LogP contribution in [-0.2, 0) is 11.3 Å². The second-order valence-electron chi connectivity index (χ2n) is 6.41. The zero-order valence-electron chi connectivity index (χ0n) is 13.8. The van der Waals surface area contributed by atoms with Crippen LogP contribution in [0.3, 0.4) is 0 Å². The van der Waals surface area contributed by atoms with Gasteiger partial charge in [-0.3, -0.25) is 0 Å². The number of nitrogens with zero attached hydrogens (tertiary/aromatic N) is 3. The molecule has 0 spiro atoms. The summed E-state index contributed by atoms with van der Waals surface area (Å²) < 4.78 is 5.40. The molecule has 0 unspecified atom stereocenters. The molecule has 3 rings (SSSR count). The van der Waals surface area contributed by atoms with Gasteiger partial charge < -0.3 is 19.9 Å². The van der Waals surface area contributed by atoms with Gasteiger partial charge in [0.25, 0.3) is 0 Å². The van der Waals surface area contributed by atoms with Crippen molar-refractivity contribution in [2.45, 2.75) is 26.3 Å². The Morgan fingerprint density at radius 2 is 2.04 bits per heavy atom. The zero-order valence-corrected chi connectivity index (χ0v) is 13.8. The number of pyridine rings is 1. The topological polar surface area (TPSA) is 57.7 Å². The number of anilines is 1. The van der Waals surface area contributed by atoms with E-state index in [1.54, 1.807) is 0 Å². The molecule has 2 saturated heterocycles. The second-order valence-corrected chi connectivity index (χ2v) is 6.41. The van der Waals surface area contributed by atoms with Gasteiger partial charge in [0.15, 0.2) is 0 Å². The number of nitrogens with one attached hydrogen (secondary N) is 1. The Morgan fingerprint density at radius 1 is 1.30 bits per heavy atom. The van der Waals surface area contributed by atoms with Gasteiger partial charge in [-0.15, -0.1) is 0 Å². The van der Waals surface area contributed by atoms with Gasteiger partial charge in [0.1, 0.15) is 5.82 Å².